The minimum Gasteiger partial charge on any atom is -0.507 e. The van der Waals surface area contributed by atoms with Gasteiger partial charge in [-0.3, -0.25) is 14.5 Å². The van der Waals surface area contributed by atoms with Crippen LogP contribution in [0.3, 0.4) is 0 Å². The van der Waals surface area contributed by atoms with E-state index in [1.54, 1.807) is 42.5 Å². The zero-order valence-corrected chi connectivity index (χ0v) is 19.6. The third-order valence-corrected chi connectivity index (χ3v) is 5.82. The first kappa shape index (κ1) is 23.4. The Morgan fingerprint density at radius 2 is 1.53 bits per heavy atom. The second-order valence-corrected chi connectivity index (χ2v) is 7.99. The molecule has 174 valence electrons. The highest BCUT2D eigenvalue weighted by Gasteiger charge is 2.47. The maximum atomic E-state index is 13.3. The maximum absolute atomic E-state index is 13.3. The molecule has 0 spiro atoms. The van der Waals surface area contributed by atoms with Crippen LogP contribution in [-0.2, 0) is 9.59 Å². The minimum atomic E-state index is -0.842. The van der Waals surface area contributed by atoms with Crippen LogP contribution in [-0.4, -0.2) is 30.0 Å². The lowest BCUT2D eigenvalue weighted by molar-refractivity contribution is -0.132. The van der Waals surface area contributed by atoms with Crippen molar-refractivity contribution < 1.29 is 24.2 Å². The molecule has 1 saturated heterocycles. The molecule has 1 aliphatic rings. The standard InChI is InChI=1S/C27H24ClNO5/c1-3-33-19-12-10-18(11-13-19)29-24(17-8-6-5-7-9-17)23(26(31)27(29)32)25(30)21-16-20(34-4-2)14-15-22(21)28/h5-16,24,30H,3-4H2,1-2H3/b25-23+. The van der Waals surface area contributed by atoms with E-state index in [4.69, 9.17) is 21.1 Å². The summed E-state index contributed by atoms with van der Waals surface area (Å²) in [5, 5.41) is 11.5. The lowest BCUT2D eigenvalue weighted by Crippen LogP contribution is -2.29. The number of halogens is 1. The van der Waals surface area contributed by atoms with E-state index in [0.29, 0.717) is 36.0 Å². The topological polar surface area (TPSA) is 76.1 Å². The summed E-state index contributed by atoms with van der Waals surface area (Å²) in [6.45, 7) is 4.66. The van der Waals surface area contributed by atoms with Crippen LogP contribution in [0.1, 0.15) is 31.0 Å². The number of carbonyl (C=O) groups is 2. The van der Waals surface area contributed by atoms with E-state index in [9.17, 15) is 14.7 Å². The third kappa shape index (κ3) is 4.37. The number of Topliss-reactive ketones (excluding diaryl/α,β-unsaturated/α-hetero) is 1. The average molecular weight is 478 g/mol. The van der Waals surface area contributed by atoms with Gasteiger partial charge in [-0.2, -0.15) is 0 Å². The number of ketones is 1. The minimum absolute atomic E-state index is 0.0411. The molecule has 3 aromatic rings. The first-order valence-corrected chi connectivity index (χ1v) is 11.4. The van der Waals surface area contributed by atoms with E-state index in [1.165, 1.54) is 4.90 Å². The van der Waals surface area contributed by atoms with Crippen molar-refractivity contribution in [3.05, 3.63) is 94.5 Å². The Morgan fingerprint density at radius 3 is 2.18 bits per heavy atom. The van der Waals surface area contributed by atoms with Gasteiger partial charge >= 0.3 is 0 Å². The van der Waals surface area contributed by atoms with Gasteiger partial charge in [0.25, 0.3) is 11.7 Å². The first-order chi connectivity index (χ1) is 16.5. The van der Waals surface area contributed by atoms with E-state index in [0.717, 1.165) is 0 Å². The normalized spacial score (nSPS) is 17.1. The fourth-order valence-corrected chi connectivity index (χ4v) is 4.21. The Hall–Kier alpha value is -3.77. The molecule has 1 fully saturated rings. The Kier molecular flexibility index (Phi) is 6.89. The van der Waals surface area contributed by atoms with Gasteiger partial charge in [-0.05, 0) is 61.9 Å². The number of aliphatic hydroxyl groups is 1. The molecule has 0 saturated carbocycles. The van der Waals surface area contributed by atoms with Crippen LogP contribution < -0.4 is 14.4 Å². The fourth-order valence-electron chi connectivity index (χ4n) is 4.01. The number of carbonyl (C=O) groups excluding carboxylic acids is 2. The summed E-state index contributed by atoms with van der Waals surface area (Å²) in [6.07, 6.45) is 0. The lowest BCUT2D eigenvalue weighted by atomic mass is 9.95. The number of hydrogen-bond donors (Lipinski definition) is 1. The zero-order chi connectivity index (χ0) is 24.2. The molecule has 1 atom stereocenters. The van der Waals surface area contributed by atoms with Gasteiger partial charge in [0, 0.05) is 11.3 Å². The number of rotatable bonds is 7. The molecule has 4 rings (SSSR count). The highest BCUT2D eigenvalue weighted by Crippen LogP contribution is 2.43. The summed E-state index contributed by atoms with van der Waals surface area (Å²) in [4.78, 5) is 27.9. The number of nitrogens with zero attached hydrogens (tertiary/aromatic N) is 1. The molecule has 0 radical (unpaired) electrons. The van der Waals surface area contributed by atoms with Gasteiger partial charge < -0.3 is 14.6 Å². The molecule has 34 heavy (non-hydrogen) atoms. The van der Waals surface area contributed by atoms with Crippen LogP contribution in [0.15, 0.2) is 78.4 Å². The summed E-state index contributed by atoms with van der Waals surface area (Å²) < 4.78 is 11.0. The predicted octanol–water partition coefficient (Wildman–Crippen LogP) is 5.76. The highest BCUT2D eigenvalue weighted by atomic mass is 35.5. The van der Waals surface area contributed by atoms with Gasteiger partial charge in [0.15, 0.2) is 0 Å². The molecular weight excluding hydrogens is 454 g/mol. The molecule has 7 heteroatoms. The number of benzene rings is 3. The number of ether oxygens (including phenoxy) is 2. The van der Waals surface area contributed by atoms with Crippen LogP contribution in [0, 0.1) is 0 Å². The van der Waals surface area contributed by atoms with Crippen molar-refractivity contribution in [3.8, 4) is 11.5 Å². The largest absolute Gasteiger partial charge is 0.507 e. The van der Waals surface area contributed by atoms with Gasteiger partial charge in [0.1, 0.15) is 17.3 Å². The van der Waals surface area contributed by atoms with Crippen LogP contribution in [0.5, 0.6) is 11.5 Å². The van der Waals surface area contributed by atoms with Gasteiger partial charge in [0.2, 0.25) is 0 Å². The van der Waals surface area contributed by atoms with Crippen molar-refractivity contribution in [2.24, 2.45) is 0 Å². The number of aliphatic hydroxyl groups excluding tert-OH is 1. The molecule has 0 bridgehead atoms. The SMILES string of the molecule is CCOc1ccc(N2C(=O)C(=O)/C(=C(/O)c3cc(OCC)ccc3Cl)C2c2ccccc2)cc1. The zero-order valence-electron chi connectivity index (χ0n) is 18.8. The molecular formula is C27H24ClNO5. The van der Waals surface area contributed by atoms with E-state index >= 15 is 0 Å². The number of hydrogen-bond acceptors (Lipinski definition) is 5. The molecule has 0 aliphatic carbocycles. The molecule has 1 aliphatic heterocycles. The smallest absolute Gasteiger partial charge is 0.300 e. The first-order valence-electron chi connectivity index (χ1n) is 11.0. The fraction of sp³-hybridized carbons (Fsp3) is 0.185. The van der Waals surface area contributed by atoms with Crippen molar-refractivity contribution in [2.45, 2.75) is 19.9 Å². The van der Waals surface area contributed by atoms with E-state index < -0.39 is 17.7 Å². The lowest BCUT2D eigenvalue weighted by Gasteiger charge is -2.25. The summed E-state index contributed by atoms with van der Waals surface area (Å²) in [5.41, 5.74) is 1.36. The molecule has 6 nitrogen and oxygen atoms in total. The quantitative estimate of drug-likeness (QED) is 0.266. The van der Waals surface area contributed by atoms with Gasteiger partial charge in [-0.25, -0.2) is 0 Å². The van der Waals surface area contributed by atoms with Crippen LogP contribution in [0.2, 0.25) is 5.02 Å². The van der Waals surface area contributed by atoms with Crippen molar-refractivity contribution in [3.63, 3.8) is 0 Å². The Bertz CT molecular complexity index is 1240. The van der Waals surface area contributed by atoms with Crippen molar-refractivity contribution in [1.29, 1.82) is 0 Å². The van der Waals surface area contributed by atoms with Crippen molar-refractivity contribution in [1.82, 2.24) is 0 Å². The Balaban J connectivity index is 1.89. The van der Waals surface area contributed by atoms with E-state index in [-0.39, 0.29) is 21.9 Å². The van der Waals surface area contributed by atoms with Crippen molar-refractivity contribution in [2.75, 3.05) is 18.1 Å². The Labute approximate surface area is 203 Å². The Morgan fingerprint density at radius 1 is 0.912 bits per heavy atom. The molecule has 0 aromatic heterocycles. The highest BCUT2D eigenvalue weighted by molar-refractivity contribution is 6.52. The van der Waals surface area contributed by atoms with Crippen LogP contribution in [0.25, 0.3) is 5.76 Å². The van der Waals surface area contributed by atoms with Crippen molar-refractivity contribution >= 4 is 34.7 Å². The summed E-state index contributed by atoms with van der Waals surface area (Å²) in [6, 6.07) is 20.0. The maximum Gasteiger partial charge on any atom is 0.300 e. The second-order valence-electron chi connectivity index (χ2n) is 7.58. The summed E-state index contributed by atoms with van der Waals surface area (Å²) in [7, 11) is 0. The third-order valence-electron chi connectivity index (χ3n) is 5.49. The number of amides is 1. The molecule has 1 heterocycles. The molecule has 1 unspecified atom stereocenters. The average Bonchev–Trinajstić information content (AvgIpc) is 3.12. The molecule has 3 aromatic carbocycles. The van der Waals surface area contributed by atoms with Crippen LogP contribution >= 0.6 is 11.6 Å². The van der Waals surface area contributed by atoms with E-state index in [1.807, 2.05) is 44.2 Å². The monoisotopic (exact) mass is 477 g/mol. The second kappa shape index (κ2) is 10.0. The predicted molar refractivity (Wildman–Crippen MR) is 131 cm³/mol. The number of anilines is 1. The van der Waals surface area contributed by atoms with Gasteiger partial charge in [0.05, 0.1) is 29.9 Å². The van der Waals surface area contributed by atoms with Gasteiger partial charge in [-0.1, -0.05) is 41.9 Å². The van der Waals surface area contributed by atoms with E-state index in [2.05, 4.69) is 0 Å². The van der Waals surface area contributed by atoms with Crippen LogP contribution in [0.4, 0.5) is 5.69 Å². The summed E-state index contributed by atoms with van der Waals surface area (Å²) in [5.74, 6) is -0.744. The molecule has 1 amide bonds. The summed E-state index contributed by atoms with van der Waals surface area (Å²) >= 11 is 6.37. The molecule has 1 N–H and O–H groups in total. The van der Waals surface area contributed by atoms with Gasteiger partial charge in [-0.15, -0.1) is 0 Å².